The minimum absolute atomic E-state index is 0.320. The Kier molecular flexibility index (Phi) is 3.47. The second-order valence-corrected chi connectivity index (χ2v) is 5.25. The first kappa shape index (κ1) is 11.9. The maximum Gasteiger partial charge on any atom is 0.244 e. The molecule has 2 saturated heterocycles. The molecule has 0 saturated carbocycles. The number of H-pyrrole nitrogens is 1. The Bertz CT molecular complexity index is 380. The molecule has 0 radical (unpaired) electrons. The van der Waals surface area contributed by atoms with Gasteiger partial charge in [0.2, 0.25) is 5.95 Å². The molecular weight excluding hydrogens is 230 g/mol. The summed E-state index contributed by atoms with van der Waals surface area (Å²) in [5, 5.41) is 7.33. The van der Waals surface area contributed by atoms with Crippen molar-refractivity contribution in [1.82, 2.24) is 15.2 Å². The van der Waals surface area contributed by atoms with E-state index in [2.05, 4.69) is 20.1 Å². The SMILES string of the molecule is NC1CCN(c2n[nH]c(CC3CCCO3)n2)CC1. The summed E-state index contributed by atoms with van der Waals surface area (Å²) < 4.78 is 5.61. The van der Waals surface area contributed by atoms with Gasteiger partial charge in [0.25, 0.3) is 0 Å². The zero-order chi connectivity index (χ0) is 12.4. The second-order valence-electron chi connectivity index (χ2n) is 5.25. The Hall–Kier alpha value is -1.14. The summed E-state index contributed by atoms with van der Waals surface area (Å²) in [7, 11) is 0. The van der Waals surface area contributed by atoms with E-state index >= 15 is 0 Å². The highest BCUT2D eigenvalue weighted by Gasteiger charge is 2.21. The quantitative estimate of drug-likeness (QED) is 0.815. The van der Waals surface area contributed by atoms with Gasteiger partial charge in [-0.25, -0.2) is 0 Å². The third kappa shape index (κ3) is 2.64. The lowest BCUT2D eigenvalue weighted by Gasteiger charge is -2.28. The van der Waals surface area contributed by atoms with Crippen molar-refractivity contribution in [2.24, 2.45) is 5.73 Å². The fourth-order valence-corrected chi connectivity index (χ4v) is 2.64. The minimum Gasteiger partial charge on any atom is -0.378 e. The molecule has 18 heavy (non-hydrogen) atoms. The third-order valence-corrected chi connectivity index (χ3v) is 3.79. The maximum absolute atomic E-state index is 5.90. The van der Waals surface area contributed by atoms with E-state index in [1.54, 1.807) is 0 Å². The van der Waals surface area contributed by atoms with E-state index in [4.69, 9.17) is 10.5 Å². The lowest BCUT2D eigenvalue weighted by atomic mass is 10.1. The lowest BCUT2D eigenvalue weighted by Crippen LogP contribution is -2.40. The summed E-state index contributed by atoms with van der Waals surface area (Å²) in [5.41, 5.74) is 5.90. The highest BCUT2D eigenvalue weighted by atomic mass is 16.5. The van der Waals surface area contributed by atoms with Gasteiger partial charge in [0.05, 0.1) is 6.10 Å². The molecule has 1 unspecified atom stereocenters. The maximum atomic E-state index is 5.90. The number of ether oxygens (including phenoxy) is 1. The molecule has 3 heterocycles. The van der Waals surface area contributed by atoms with Crippen LogP contribution in [-0.4, -0.2) is 47.0 Å². The molecule has 3 rings (SSSR count). The van der Waals surface area contributed by atoms with Gasteiger partial charge >= 0.3 is 0 Å². The van der Waals surface area contributed by atoms with Crippen LogP contribution in [0.15, 0.2) is 0 Å². The average Bonchev–Trinajstić information content (AvgIpc) is 3.02. The van der Waals surface area contributed by atoms with Gasteiger partial charge in [-0.2, -0.15) is 4.98 Å². The van der Waals surface area contributed by atoms with Crippen molar-refractivity contribution in [3.63, 3.8) is 0 Å². The number of rotatable bonds is 3. The summed E-state index contributed by atoms with van der Waals surface area (Å²) in [5.74, 6) is 1.75. The number of aromatic amines is 1. The van der Waals surface area contributed by atoms with Gasteiger partial charge in [-0.15, -0.1) is 5.10 Å². The molecule has 0 amide bonds. The van der Waals surface area contributed by atoms with Gasteiger partial charge in [-0.3, -0.25) is 5.10 Å². The summed E-state index contributed by atoms with van der Waals surface area (Å²) in [4.78, 5) is 6.77. The average molecular weight is 251 g/mol. The van der Waals surface area contributed by atoms with Gasteiger partial charge in [0, 0.05) is 32.2 Å². The fourth-order valence-electron chi connectivity index (χ4n) is 2.64. The highest BCUT2D eigenvalue weighted by Crippen LogP contribution is 2.18. The van der Waals surface area contributed by atoms with Crippen LogP contribution in [0, 0.1) is 0 Å². The van der Waals surface area contributed by atoms with Crippen molar-refractivity contribution in [2.75, 3.05) is 24.6 Å². The van der Waals surface area contributed by atoms with E-state index < -0.39 is 0 Å². The van der Waals surface area contributed by atoms with E-state index in [-0.39, 0.29) is 0 Å². The molecule has 1 aromatic heterocycles. The van der Waals surface area contributed by atoms with Gasteiger partial charge in [-0.1, -0.05) is 0 Å². The number of nitrogens with two attached hydrogens (primary N) is 1. The number of hydrogen-bond acceptors (Lipinski definition) is 5. The predicted molar refractivity (Wildman–Crippen MR) is 68.5 cm³/mol. The lowest BCUT2D eigenvalue weighted by molar-refractivity contribution is 0.110. The van der Waals surface area contributed by atoms with E-state index in [0.29, 0.717) is 12.1 Å². The van der Waals surface area contributed by atoms with Crippen molar-refractivity contribution in [3.8, 4) is 0 Å². The van der Waals surface area contributed by atoms with Crippen LogP contribution in [0.2, 0.25) is 0 Å². The molecular formula is C12H21N5O. The zero-order valence-corrected chi connectivity index (χ0v) is 10.6. The van der Waals surface area contributed by atoms with Crippen molar-refractivity contribution in [1.29, 1.82) is 0 Å². The zero-order valence-electron chi connectivity index (χ0n) is 10.6. The van der Waals surface area contributed by atoms with E-state index in [1.807, 2.05) is 0 Å². The van der Waals surface area contributed by atoms with Crippen LogP contribution in [-0.2, 0) is 11.2 Å². The summed E-state index contributed by atoms with van der Waals surface area (Å²) in [6.07, 6.45) is 5.51. The van der Waals surface area contributed by atoms with Gasteiger partial charge in [0.1, 0.15) is 5.82 Å². The Morgan fingerprint density at radius 1 is 1.33 bits per heavy atom. The Morgan fingerprint density at radius 2 is 2.17 bits per heavy atom. The van der Waals surface area contributed by atoms with Crippen molar-refractivity contribution in [2.45, 2.75) is 44.2 Å². The number of anilines is 1. The first-order chi connectivity index (χ1) is 8.81. The van der Waals surface area contributed by atoms with Crippen LogP contribution in [0.4, 0.5) is 5.95 Å². The van der Waals surface area contributed by atoms with Crippen LogP contribution in [0.25, 0.3) is 0 Å². The normalized spacial score (nSPS) is 25.8. The number of hydrogen-bond donors (Lipinski definition) is 2. The smallest absolute Gasteiger partial charge is 0.244 e. The molecule has 2 fully saturated rings. The second kappa shape index (κ2) is 5.24. The Morgan fingerprint density at radius 3 is 2.89 bits per heavy atom. The Balaban J connectivity index is 1.58. The summed E-state index contributed by atoms with van der Waals surface area (Å²) >= 11 is 0. The van der Waals surface area contributed by atoms with Crippen LogP contribution < -0.4 is 10.6 Å². The van der Waals surface area contributed by atoms with Crippen molar-refractivity contribution >= 4 is 5.95 Å². The van der Waals surface area contributed by atoms with Crippen LogP contribution in [0.3, 0.4) is 0 Å². The largest absolute Gasteiger partial charge is 0.378 e. The number of piperidine rings is 1. The minimum atomic E-state index is 0.320. The van der Waals surface area contributed by atoms with Crippen LogP contribution in [0.5, 0.6) is 0 Å². The Labute approximate surface area is 107 Å². The number of nitrogens with one attached hydrogen (secondary N) is 1. The molecule has 0 aromatic carbocycles. The molecule has 1 atom stereocenters. The standard InChI is InChI=1S/C12H21N5O/c13-9-3-5-17(6-4-9)12-14-11(15-16-12)8-10-2-1-7-18-10/h9-10H,1-8,13H2,(H,14,15,16). The first-order valence-electron chi connectivity index (χ1n) is 6.84. The molecule has 0 spiro atoms. The monoisotopic (exact) mass is 251 g/mol. The molecule has 0 aliphatic carbocycles. The number of aromatic nitrogens is 3. The molecule has 6 heteroatoms. The van der Waals surface area contributed by atoms with Crippen LogP contribution >= 0.6 is 0 Å². The van der Waals surface area contributed by atoms with Gasteiger partial charge in [-0.05, 0) is 25.7 Å². The number of nitrogens with zero attached hydrogens (tertiary/aromatic N) is 3. The molecule has 1 aromatic rings. The predicted octanol–water partition coefficient (Wildman–Crippen LogP) is 0.454. The third-order valence-electron chi connectivity index (χ3n) is 3.79. The molecule has 100 valence electrons. The van der Waals surface area contributed by atoms with E-state index in [9.17, 15) is 0 Å². The van der Waals surface area contributed by atoms with Crippen LogP contribution in [0.1, 0.15) is 31.5 Å². The summed E-state index contributed by atoms with van der Waals surface area (Å²) in [6, 6.07) is 0.339. The highest BCUT2D eigenvalue weighted by molar-refractivity contribution is 5.29. The molecule has 0 bridgehead atoms. The van der Waals surface area contributed by atoms with E-state index in [0.717, 1.165) is 63.6 Å². The van der Waals surface area contributed by atoms with Gasteiger partial charge < -0.3 is 15.4 Å². The molecule has 2 aliphatic heterocycles. The van der Waals surface area contributed by atoms with E-state index in [1.165, 1.54) is 0 Å². The van der Waals surface area contributed by atoms with Gasteiger partial charge in [0.15, 0.2) is 0 Å². The van der Waals surface area contributed by atoms with Crippen molar-refractivity contribution in [3.05, 3.63) is 5.82 Å². The van der Waals surface area contributed by atoms with Crippen molar-refractivity contribution < 1.29 is 4.74 Å². The molecule has 3 N–H and O–H groups in total. The topological polar surface area (TPSA) is 80.1 Å². The first-order valence-corrected chi connectivity index (χ1v) is 6.84. The molecule has 6 nitrogen and oxygen atoms in total. The summed E-state index contributed by atoms with van der Waals surface area (Å²) in [6.45, 7) is 2.80. The fraction of sp³-hybridized carbons (Fsp3) is 0.833. The molecule has 2 aliphatic rings.